The van der Waals surface area contributed by atoms with E-state index in [-0.39, 0.29) is 24.0 Å². The van der Waals surface area contributed by atoms with Crippen molar-refractivity contribution < 1.29 is 14.6 Å². The highest BCUT2D eigenvalue weighted by atomic mass is 16.5. The SMILES string of the molecule is CC(Oc1ccc(C#N)cc1)C(=O)NC(CO)CC(C)(C)C. The van der Waals surface area contributed by atoms with Gasteiger partial charge in [-0.05, 0) is 43.0 Å². The number of aliphatic hydroxyl groups is 1. The van der Waals surface area contributed by atoms with Gasteiger partial charge in [0.2, 0.25) is 0 Å². The number of carbonyl (C=O) groups excluding carboxylic acids is 1. The van der Waals surface area contributed by atoms with E-state index < -0.39 is 6.10 Å². The van der Waals surface area contributed by atoms with Crippen molar-refractivity contribution in [3.8, 4) is 11.8 Å². The Morgan fingerprint density at radius 2 is 1.95 bits per heavy atom. The third kappa shape index (κ3) is 6.15. The maximum Gasteiger partial charge on any atom is 0.261 e. The fourth-order valence-corrected chi connectivity index (χ4v) is 2.08. The van der Waals surface area contributed by atoms with Crippen molar-refractivity contribution in [3.63, 3.8) is 0 Å². The number of hydrogen-bond donors (Lipinski definition) is 2. The fourth-order valence-electron chi connectivity index (χ4n) is 2.08. The number of amides is 1. The van der Waals surface area contributed by atoms with Crippen molar-refractivity contribution in [1.82, 2.24) is 5.32 Å². The molecule has 0 bridgehead atoms. The highest BCUT2D eigenvalue weighted by Crippen LogP contribution is 2.21. The molecule has 5 nitrogen and oxygen atoms in total. The molecule has 2 atom stereocenters. The predicted octanol–water partition coefficient (Wildman–Crippen LogP) is 2.24. The molecule has 1 aromatic rings. The second-order valence-electron chi connectivity index (χ2n) is 6.55. The van der Waals surface area contributed by atoms with Gasteiger partial charge < -0.3 is 15.2 Å². The first-order chi connectivity index (χ1) is 10.2. The Hall–Kier alpha value is -2.06. The van der Waals surface area contributed by atoms with Crippen LogP contribution in [0.25, 0.3) is 0 Å². The van der Waals surface area contributed by atoms with E-state index in [0.717, 1.165) is 0 Å². The van der Waals surface area contributed by atoms with Gasteiger partial charge in [0, 0.05) is 0 Å². The minimum absolute atomic E-state index is 0.0118. The van der Waals surface area contributed by atoms with Crippen LogP contribution in [0.3, 0.4) is 0 Å². The molecule has 0 aliphatic heterocycles. The van der Waals surface area contributed by atoms with Crippen molar-refractivity contribution in [2.45, 2.75) is 46.3 Å². The summed E-state index contributed by atoms with van der Waals surface area (Å²) in [5.74, 6) is 0.255. The molecule has 120 valence electrons. The molecular weight excluding hydrogens is 280 g/mol. The van der Waals surface area contributed by atoms with Gasteiger partial charge in [0.15, 0.2) is 6.10 Å². The summed E-state index contributed by atoms with van der Waals surface area (Å²) in [4.78, 5) is 12.1. The summed E-state index contributed by atoms with van der Waals surface area (Å²) < 4.78 is 5.55. The van der Waals surface area contributed by atoms with Crippen molar-refractivity contribution in [1.29, 1.82) is 5.26 Å². The van der Waals surface area contributed by atoms with E-state index in [1.54, 1.807) is 31.2 Å². The van der Waals surface area contributed by atoms with Gasteiger partial charge in [0.05, 0.1) is 24.3 Å². The van der Waals surface area contributed by atoms with Crippen LogP contribution < -0.4 is 10.1 Å². The molecule has 0 heterocycles. The molecule has 0 saturated heterocycles. The number of nitrogens with one attached hydrogen (secondary N) is 1. The number of nitriles is 1. The van der Waals surface area contributed by atoms with E-state index in [2.05, 4.69) is 26.1 Å². The third-order valence-corrected chi connectivity index (χ3v) is 3.09. The minimum atomic E-state index is -0.679. The molecule has 1 amide bonds. The molecule has 0 spiro atoms. The number of rotatable bonds is 6. The van der Waals surface area contributed by atoms with Gasteiger partial charge in [0.1, 0.15) is 5.75 Å². The largest absolute Gasteiger partial charge is 0.481 e. The van der Waals surface area contributed by atoms with E-state index in [9.17, 15) is 9.90 Å². The van der Waals surface area contributed by atoms with Crippen LogP contribution in [0.2, 0.25) is 0 Å². The zero-order chi connectivity index (χ0) is 16.8. The van der Waals surface area contributed by atoms with Crippen molar-refractivity contribution in [2.24, 2.45) is 5.41 Å². The van der Waals surface area contributed by atoms with Gasteiger partial charge in [-0.3, -0.25) is 4.79 Å². The Kier molecular flexibility index (Phi) is 6.39. The normalized spacial score (nSPS) is 13.8. The van der Waals surface area contributed by atoms with E-state index in [1.807, 2.05) is 6.07 Å². The van der Waals surface area contributed by atoms with Crippen LogP contribution in [-0.4, -0.2) is 29.8 Å². The zero-order valence-electron chi connectivity index (χ0n) is 13.6. The van der Waals surface area contributed by atoms with Crippen LogP contribution in [0.1, 0.15) is 39.7 Å². The summed E-state index contributed by atoms with van der Waals surface area (Å²) in [6, 6.07) is 8.31. The van der Waals surface area contributed by atoms with Gasteiger partial charge in [-0.2, -0.15) is 5.26 Å². The number of benzene rings is 1. The number of aliphatic hydroxyl groups excluding tert-OH is 1. The summed E-state index contributed by atoms with van der Waals surface area (Å²) in [6.07, 6.45) is 0.000645. The Balaban J connectivity index is 2.58. The number of nitrogens with zero attached hydrogens (tertiary/aromatic N) is 1. The number of hydrogen-bond acceptors (Lipinski definition) is 4. The molecular formula is C17H24N2O3. The van der Waals surface area contributed by atoms with E-state index in [0.29, 0.717) is 17.7 Å². The maximum atomic E-state index is 12.1. The standard InChI is InChI=1S/C17H24N2O3/c1-12(22-15-7-5-13(10-18)6-8-15)16(21)19-14(11-20)9-17(2,3)4/h5-8,12,14,20H,9,11H2,1-4H3,(H,19,21). The molecule has 0 aliphatic rings. The minimum Gasteiger partial charge on any atom is -0.481 e. The van der Waals surface area contributed by atoms with Crippen LogP contribution in [-0.2, 0) is 4.79 Å². The molecule has 22 heavy (non-hydrogen) atoms. The molecule has 1 rings (SSSR count). The van der Waals surface area contributed by atoms with Crippen LogP contribution >= 0.6 is 0 Å². The molecule has 0 fully saturated rings. The van der Waals surface area contributed by atoms with E-state index in [1.165, 1.54) is 0 Å². The molecule has 0 aliphatic carbocycles. The van der Waals surface area contributed by atoms with Gasteiger partial charge >= 0.3 is 0 Å². The molecule has 5 heteroatoms. The third-order valence-electron chi connectivity index (χ3n) is 3.09. The lowest BCUT2D eigenvalue weighted by Gasteiger charge is -2.26. The van der Waals surface area contributed by atoms with Crippen LogP contribution in [0.4, 0.5) is 0 Å². The number of carbonyl (C=O) groups is 1. The number of ether oxygens (including phenoxy) is 1. The second kappa shape index (κ2) is 7.81. The van der Waals surface area contributed by atoms with Gasteiger partial charge in [-0.1, -0.05) is 20.8 Å². The first kappa shape index (κ1) is 18.0. The Labute approximate surface area is 131 Å². The Bertz CT molecular complexity index is 526. The summed E-state index contributed by atoms with van der Waals surface area (Å²) in [7, 11) is 0. The molecule has 0 radical (unpaired) electrons. The smallest absolute Gasteiger partial charge is 0.261 e. The average Bonchev–Trinajstić information content (AvgIpc) is 2.45. The molecule has 0 saturated carbocycles. The maximum absolute atomic E-state index is 12.1. The first-order valence-electron chi connectivity index (χ1n) is 7.33. The molecule has 2 unspecified atom stereocenters. The summed E-state index contributed by atoms with van der Waals surface area (Å²) >= 11 is 0. The Morgan fingerprint density at radius 1 is 1.36 bits per heavy atom. The van der Waals surface area contributed by atoms with Gasteiger partial charge in [-0.15, -0.1) is 0 Å². The molecule has 0 aromatic heterocycles. The fraction of sp³-hybridized carbons (Fsp3) is 0.529. The quantitative estimate of drug-likeness (QED) is 0.844. The lowest BCUT2D eigenvalue weighted by atomic mass is 9.88. The lowest BCUT2D eigenvalue weighted by molar-refractivity contribution is -0.128. The topological polar surface area (TPSA) is 82.3 Å². The van der Waals surface area contributed by atoms with Crippen molar-refractivity contribution in [2.75, 3.05) is 6.61 Å². The molecule has 2 N–H and O–H groups in total. The van der Waals surface area contributed by atoms with Gasteiger partial charge in [-0.25, -0.2) is 0 Å². The van der Waals surface area contributed by atoms with Crippen LogP contribution in [0.15, 0.2) is 24.3 Å². The Morgan fingerprint density at radius 3 is 2.41 bits per heavy atom. The second-order valence-corrected chi connectivity index (χ2v) is 6.55. The van der Waals surface area contributed by atoms with Crippen molar-refractivity contribution >= 4 is 5.91 Å². The summed E-state index contributed by atoms with van der Waals surface area (Å²) in [5, 5.41) is 20.9. The lowest BCUT2D eigenvalue weighted by Crippen LogP contribution is -2.45. The van der Waals surface area contributed by atoms with Crippen LogP contribution in [0, 0.1) is 16.7 Å². The zero-order valence-corrected chi connectivity index (χ0v) is 13.6. The predicted molar refractivity (Wildman–Crippen MR) is 84.3 cm³/mol. The van der Waals surface area contributed by atoms with E-state index >= 15 is 0 Å². The monoisotopic (exact) mass is 304 g/mol. The highest BCUT2D eigenvalue weighted by molar-refractivity contribution is 5.81. The highest BCUT2D eigenvalue weighted by Gasteiger charge is 2.23. The van der Waals surface area contributed by atoms with E-state index in [4.69, 9.17) is 10.00 Å². The summed E-state index contributed by atoms with van der Waals surface area (Å²) in [6.45, 7) is 7.71. The first-order valence-corrected chi connectivity index (χ1v) is 7.33. The molecule has 1 aromatic carbocycles. The summed E-state index contributed by atoms with van der Waals surface area (Å²) in [5.41, 5.74) is 0.549. The van der Waals surface area contributed by atoms with Crippen LogP contribution in [0.5, 0.6) is 5.75 Å². The van der Waals surface area contributed by atoms with Crippen molar-refractivity contribution in [3.05, 3.63) is 29.8 Å². The average molecular weight is 304 g/mol. The van der Waals surface area contributed by atoms with Gasteiger partial charge in [0.25, 0.3) is 5.91 Å².